The van der Waals surface area contributed by atoms with Crippen molar-refractivity contribution >= 4 is 17.6 Å². The van der Waals surface area contributed by atoms with E-state index in [9.17, 15) is 9.59 Å². The zero-order valence-corrected chi connectivity index (χ0v) is 15.4. The summed E-state index contributed by atoms with van der Waals surface area (Å²) in [6, 6.07) is 14.3. The van der Waals surface area contributed by atoms with Gasteiger partial charge in [0.2, 0.25) is 0 Å². The third-order valence-electron chi connectivity index (χ3n) is 4.01. The van der Waals surface area contributed by atoms with Crippen LogP contribution in [0.2, 0.25) is 0 Å². The summed E-state index contributed by atoms with van der Waals surface area (Å²) in [5.41, 5.74) is 0.501. The van der Waals surface area contributed by atoms with Gasteiger partial charge < -0.3 is 19.5 Å². The van der Waals surface area contributed by atoms with E-state index in [1.807, 2.05) is 30.3 Å². The van der Waals surface area contributed by atoms with Gasteiger partial charge in [0.25, 0.3) is 5.91 Å². The average molecular weight is 357 g/mol. The predicted molar refractivity (Wildman–Crippen MR) is 98.6 cm³/mol. The van der Waals surface area contributed by atoms with Crippen LogP contribution in [0, 0.1) is 0 Å². The Labute approximate surface area is 153 Å². The van der Waals surface area contributed by atoms with Crippen molar-refractivity contribution in [3.8, 4) is 11.5 Å². The van der Waals surface area contributed by atoms with E-state index in [-0.39, 0.29) is 6.61 Å². The fourth-order valence-electron chi connectivity index (χ4n) is 2.40. The third-order valence-corrected chi connectivity index (χ3v) is 4.01. The summed E-state index contributed by atoms with van der Waals surface area (Å²) in [5.74, 6) is 0.148. The molecule has 0 aliphatic carbocycles. The smallest absolute Gasteiger partial charge is 0.316 e. The van der Waals surface area contributed by atoms with Crippen molar-refractivity contribution in [2.75, 3.05) is 26.1 Å². The van der Waals surface area contributed by atoms with Crippen molar-refractivity contribution in [2.45, 2.75) is 19.3 Å². The van der Waals surface area contributed by atoms with Gasteiger partial charge in [-0.25, -0.2) is 0 Å². The molecule has 0 radical (unpaired) electrons. The second kappa shape index (κ2) is 8.38. The largest absolute Gasteiger partial charge is 0.493 e. The normalized spacial score (nSPS) is 10.8. The van der Waals surface area contributed by atoms with Gasteiger partial charge in [-0.3, -0.25) is 9.59 Å². The summed E-state index contributed by atoms with van der Waals surface area (Å²) in [5, 5.41) is 2.66. The minimum Gasteiger partial charge on any atom is -0.493 e. The van der Waals surface area contributed by atoms with Crippen LogP contribution in [0.25, 0.3) is 0 Å². The molecule has 138 valence electrons. The minimum absolute atomic E-state index is 0.372. The molecular weight excluding hydrogens is 334 g/mol. The van der Waals surface area contributed by atoms with Crippen molar-refractivity contribution in [1.82, 2.24) is 0 Å². The molecular formula is C20H23NO5. The van der Waals surface area contributed by atoms with Gasteiger partial charge in [0, 0.05) is 11.8 Å². The second-order valence-corrected chi connectivity index (χ2v) is 6.19. The zero-order valence-electron chi connectivity index (χ0n) is 15.4. The number of carbonyl (C=O) groups is 2. The molecule has 1 N–H and O–H groups in total. The minimum atomic E-state index is -0.842. The highest BCUT2D eigenvalue weighted by molar-refractivity contribution is 5.94. The van der Waals surface area contributed by atoms with Crippen LogP contribution in [0.1, 0.15) is 19.4 Å². The molecule has 0 aliphatic rings. The van der Waals surface area contributed by atoms with Gasteiger partial charge in [0.15, 0.2) is 18.1 Å². The Kier molecular flexibility index (Phi) is 6.22. The number of amides is 1. The van der Waals surface area contributed by atoms with Gasteiger partial charge in [-0.1, -0.05) is 30.3 Å². The SMILES string of the molecule is COc1ccc(NC(=O)COC(=O)C(C)(C)c2ccccc2)cc1OC. The van der Waals surface area contributed by atoms with E-state index < -0.39 is 17.3 Å². The number of anilines is 1. The Bertz CT molecular complexity index is 771. The maximum Gasteiger partial charge on any atom is 0.316 e. The maximum absolute atomic E-state index is 12.4. The van der Waals surface area contributed by atoms with Crippen LogP contribution < -0.4 is 14.8 Å². The number of ether oxygens (including phenoxy) is 3. The molecule has 2 rings (SSSR count). The Morgan fingerprint density at radius 1 is 0.962 bits per heavy atom. The fraction of sp³-hybridized carbons (Fsp3) is 0.300. The van der Waals surface area contributed by atoms with Gasteiger partial charge >= 0.3 is 5.97 Å². The summed E-state index contributed by atoms with van der Waals surface area (Å²) in [6.45, 7) is 3.15. The van der Waals surface area contributed by atoms with Crippen molar-refractivity contribution in [3.05, 3.63) is 54.1 Å². The van der Waals surface area contributed by atoms with Crippen molar-refractivity contribution in [1.29, 1.82) is 0 Å². The molecule has 0 fully saturated rings. The average Bonchev–Trinajstić information content (AvgIpc) is 2.66. The molecule has 6 nitrogen and oxygen atoms in total. The molecule has 26 heavy (non-hydrogen) atoms. The van der Waals surface area contributed by atoms with Crippen LogP contribution in [0.4, 0.5) is 5.69 Å². The monoisotopic (exact) mass is 357 g/mol. The van der Waals surface area contributed by atoms with E-state index in [1.165, 1.54) is 14.2 Å². The number of esters is 1. The first kappa shape index (κ1) is 19.3. The molecule has 0 unspecified atom stereocenters. The van der Waals surface area contributed by atoms with Gasteiger partial charge in [-0.2, -0.15) is 0 Å². The number of rotatable bonds is 7. The lowest BCUT2D eigenvalue weighted by molar-refractivity contribution is -0.152. The maximum atomic E-state index is 12.4. The molecule has 2 aromatic rings. The standard InChI is InChI=1S/C20H23NO5/c1-20(2,14-8-6-5-7-9-14)19(23)26-13-18(22)21-15-10-11-16(24-3)17(12-15)25-4/h5-12H,13H2,1-4H3,(H,21,22). The predicted octanol–water partition coefficient (Wildman–Crippen LogP) is 3.16. The molecule has 0 heterocycles. The summed E-state index contributed by atoms with van der Waals surface area (Å²) in [6.07, 6.45) is 0. The van der Waals surface area contributed by atoms with Gasteiger partial charge in [-0.05, 0) is 31.5 Å². The van der Waals surface area contributed by atoms with E-state index >= 15 is 0 Å². The summed E-state index contributed by atoms with van der Waals surface area (Å²) >= 11 is 0. The first-order chi connectivity index (χ1) is 12.4. The van der Waals surface area contributed by atoms with Gasteiger partial charge in [0.1, 0.15) is 0 Å². The van der Waals surface area contributed by atoms with E-state index in [0.29, 0.717) is 17.2 Å². The van der Waals surface area contributed by atoms with Crippen molar-refractivity contribution in [3.63, 3.8) is 0 Å². The number of benzene rings is 2. The topological polar surface area (TPSA) is 73.9 Å². The number of methoxy groups -OCH3 is 2. The highest BCUT2D eigenvalue weighted by Crippen LogP contribution is 2.29. The van der Waals surface area contributed by atoms with Crippen LogP contribution in [0.5, 0.6) is 11.5 Å². The molecule has 0 aliphatic heterocycles. The van der Waals surface area contributed by atoms with Crippen LogP contribution in [-0.4, -0.2) is 32.7 Å². The van der Waals surface area contributed by atoms with Crippen LogP contribution in [-0.2, 0) is 19.7 Å². The summed E-state index contributed by atoms with van der Waals surface area (Å²) < 4.78 is 15.5. The molecule has 0 saturated carbocycles. The lowest BCUT2D eigenvalue weighted by atomic mass is 9.85. The highest BCUT2D eigenvalue weighted by atomic mass is 16.5. The van der Waals surface area contributed by atoms with Crippen LogP contribution in [0.15, 0.2) is 48.5 Å². The number of carbonyl (C=O) groups excluding carboxylic acids is 2. The molecule has 0 atom stereocenters. The highest BCUT2D eigenvalue weighted by Gasteiger charge is 2.31. The lowest BCUT2D eigenvalue weighted by Gasteiger charge is -2.22. The Hall–Kier alpha value is -3.02. The second-order valence-electron chi connectivity index (χ2n) is 6.19. The van der Waals surface area contributed by atoms with Crippen LogP contribution in [0.3, 0.4) is 0 Å². The first-order valence-corrected chi connectivity index (χ1v) is 8.13. The quantitative estimate of drug-likeness (QED) is 0.771. The first-order valence-electron chi connectivity index (χ1n) is 8.13. The molecule has 0 aromatic heterocycles. The van der Waals surface area contributed by atoms with E-state index in [2.05, 4.69) is 5.32 Å². The molecule has 2 aromatic carbocycles. The molecule has 0 saturated heterocycles. The van der Waals surface area contributed by atoms with Crippen LogP contribution >= 0.6 is 0 Å². The molecule has 0 spiro atoms. The Morgan fingerprint density at radius 2 is 1.62 bits per heavy atom. The van der Waals surface area contributed by atoms with E-state index in [4.69, 9.17) is 14.2 Å². The van der Waals surface area contributed by atoms with Gasteiger partial charge in [-0.15, -0.1) is 0 Å². The molecule has 1 amide bonds. The van der Waals surface area contributed by atoms with E-state index in [1.54, 1.807) is 32.0 Å². The molecule has 6 heteroatoms. The lowest BCUT2D eigenvalue weighted by Crippen LogP contribution is -2.33. The number of nitrogens with one attached hydrogen (secondary N) is 1. The summed E-state index contributed by atoms with van der Waals surface area (Å²) in [7, 11) is 3.04. The van der Waals surface area contributed by atoms with Crippen molar-refractivity contribution in [2.24, 2.45) is 0 Å². The number of hydrogen-bond acceptors (Lipinski definition) is 5. The van der Waals surface area contributed by atoms with Crippen molar-refractivity contribution < 1.29 is 23.8 Å². The molecule has 0 bridgehead atoms. The third kappa shape index (κ3) is 4.53. The summed E-state index contributed by atoms with van der Waals surface area (Å²) in [4.78, 5) is 24.4. The Morgan fingerprint density at radius 3 is 2.23 bits per heavy atom. The number of hydrogen-bond donors (Lipinski definition) is 1. The fourth-order valence-corrected chi connectivity index (χ4v) is 2.40. The zero-order chi connectivity index (χ0) is 19.2. The van der Waals surface area contributed by atoms with E-state index in [0.717, 1.165) is 5.56 Å². The van der Waals surface area contributed by atoms with Gasteiger partial charge in [0.05, 0.1) is 19.6 Å². The Balaban J connectivity index is 1.95.